The first kappa shape index (κ1) is 61.3. The van der Waals surface area contributed by atoms with Gasteiger partial charge in [0, 0.05) is 44.9 Å². The largest absolute Gasteiger partial charge is 0.310 e. The van der Waals surface area contributed by atoms with Crippen molar-refractivity contribution in [3.63, 3.8) is 0 Å². The summed E-state index contributed by atoms with van der Waals surface area (Å²) in [6, 6.07) is 116. The highest BCUT2D eigenvalue weighted by atomic mass is 15.1. The zero-order chi connectivity index (χ0) is 68.7. The van der Waals surface area contributed by atoms with Crippen molar-refractivity contribution in [1.82, 2.24) is 0 Å². The van der Waals surface area contributed by atoms with Crippen LogP contribution in [-0.4, -0.2) is 0 Å². The van der Waals surface area contributed by atoms with Crippen molar-refractivity contribution in [2.75, 3.05) is 9.80 Å². The van der Waals surface area contributed by atoms with Gasteiger partial charge < -0.3 is 9.80 Å². The summed E-state index contributed by atoms with van der Waals surface area (Å²) in [5, 5.41) is 14.4. The van der Waals surface area contributed by atoms with Gasteiger partial charge in [-0.1, -0.05) is 296 Å². The smallest absolute Gasteiger partial charge is 0.0540 e. The second-order valence-corrected chi connectivity index (χ2v) is 30.2. The van der Waals surface area contributed by atoms with Crippen LogP contribution in [-0.2, 0) is 10.8 Å². The molecule has 0 aromatic heterocycles. The molecule has 16 aromatic rings. The molecule has 0 fully saturated rings. The van der Waals surface area contributed by atoms with Gasteiger partial charge in [-0.2, -0.15) is 0 Å². The Bertz CT molecular complexity index is 6190. The SMILES string of the molecule is Cc1ccc(N(c2ccc3c(-c4ccc5ccccc5c4)c4cc(N(c5ccc(C(C)C)cc5)c5ccc(-c6ccc7c(c6)C(C)(C)c6ccccc6-7)c6ccccc56)ccc4c(-c4ccc5ccccc5c4)c3c2)c2ccc(-c3ccc4c(c3)C(C)(C)C3C=CC=CC43)c3ccccc23)cc1. The van der Waals surface area contributed by atoms with Crippen molar-refractivity contribution in [3.8, 4) is 55.6 Å². The van der Waals surface area contributed by atoms with Crippen LogP contribution in [0.15, 0.2) is 328 Å². The molecule has 0 saturated heterocycles. The Labute approximate surface area is 598 Å². The monoisotopic (exact) mass is 1310 g/mol. The number of rotatable bonds is 11. The molecule has 488 valence electrons. The highest BCUT2D eigenvalue weighted by Gasteiger charge is 2.45. The van der Waals surface area contributed by atoms with Gasteiger partial charge in [0.05, 0.1) is 11.4 Å². The zero-order valence-electron chi connectivity index (χ0n) is 58.8. The van der Waals surface area contributed by atoms with Crippen LogP contribution in [0, 0.1) is 12.8 Å². The van der Waals surface area contributed by atoms with Crippen LogP contribution in [0.5, 0.6) is 0 Å². The zero-order valence-corrected chi connectivity index (χ0v) is 58.8. The third kappa shape index (κ3) is 9.74. The standard InChI is InChI=1S/C100H78N2/c1-62(2)64-38-44-74(45-39-64)102(96-55-53-78(80-25-13-15-29-86(80)96)70-41-49-84-82-27-17-19-31-92(82)100(6,7)94(84)59-70)76-47-51-88-90(61-76)98(72-37-35-66-21-9-11-23-68(66)57-72)87-50-46-75(60-89(87)97(88)71-36-34-65-20-8-10-22-67(65)56-71)101(73-42-32-63(3)33-43-73)95-54-52-77(79-24-12-14-28-85(79)95)69-40-48-83-81-26-16-18-30-91(81)99(4,5)93(83)58-69/h8-62,81,91H,1-7H3. The van der Waals surface area contributed by atoms with Crippen molar-refractivity contribution in [2.24, 2.45) is 5.92 Å². The number of aryl methyl sites for hydroxylation is 1. The molecule has 19 rings (SSSR count). The van der Waals surface area contributed by atoms with Gasteiger partial charge in [-0.15, -0.1) is 0 Å². The highest BCUT2D eigenvalue weighted by molar-refractivity contribution is 6.24. The van der Waals surface area contributed by atoms with Gasteiger partial charge >= 0.3 is 0 Å². The van der Waals surface area contributed by atoms with E-state index in [2.05, 4.69) is 386 Å². The molecule has 0 amide bonds. The third-order valence-electron chi connectivity index (χ3n) is 23.4. The first-order chi connectivity index (χ1) is 49.8. The van der Waals surface area contributed by atoms with E-state index in [4.69, 9.17) is 0 Å². The molecule has 2 nitrogen and oxygen atoms in total. The van der Waals surface area contributed by atoms with E-state index >= 15 is 0 Å². The number of hydrogen-bond acceptors (Lipinski definition) is 2. The Morgan fingerprint density at radius 1 is 0.314 bits per heavy atom. The maximum absolute atomic E-state index is 2.52. The fourth-order valence-electron chi connectivity index (χ4n) is 18.0. The third-order valence-corrected chi connectivity index (χ3v) is 23.4. The van der Waals surface area contributed by atoms with Crippen LogP contribution >= 0.6 is 0 Å². The minimum atomic E-state index is -0.123. The average Bonchev–Trinajstić information content (AvgIpc) is 1.57. The van der Waals surface area contributed by atoms with Gasteiger partial charge in [0.1, 0.15) is 0 Å². The molecule has 2 atom stereocenters. The molecule has 3 aliphatic carbocycles. The summed E-state index contributed by atoms with van der Waals surface area (Å²) in [6.45, 7) is 16.4. The molecule has 2 heteroatoms. The molecule has 3 aliphatic rings. The predicted octanol–water partition coefficient (Wildman–Crippen LogP) is 28.1. The fraction of sp³-hybridized carbons (Fsp3) is 0.120. The van der Waals surface area contributed by atoms with Crippen LogP contribution in [0.4, 0.5) is 34.1 Å². The summed E-state index contributed by atoms with van der Waals surface area (Å²) in [7, 11) is 0. The van der Waals surface area contributed by atoms with Crippen molar-refractivity contribution >= 4 is 98.8 Å². The van der Waals surface area contributed by atoms with Crippen LogP contribution in [0.25, 0.3) is 120 Å². The van der Waals surface area contributed by atoms with E-state index in [-0.39, 0.29) is 10.8 Å². The molecule has 102 heavy (non-hydrogen) atoms. The molecule has 0 bridgehead atoms. The van der Waals surface area contributed by atoms with Gasteiger partial charge in [0.15, 0.2) is 0 Å². The molecular formula is C100H78N2. The molecular weight excluding hydrogens is 1230 g/mol. The first-order valence-electron chi connectivity index (χ1n) is 36.4. The molecule has 0 saturated carbocycles. The molecule has 0 radical (unpaired) electrons. The Kier molecular flexibility index (Phi) is 14.2. The Morgan fingerprint density at radius 2 is 0.765 bits per heavy atom. The fourth-order valence-corrected chi connectivity index (χ4v) is 18.0. The van der Waals surface area contributed by atoms with Crippen molar-refractivity contribution in [1.29, 1.82) is 0 Å². The van der Waals surface area contributed by atoms with E-state index in [1.807, 2.05) is 0 Å². The molecule has 0 aliphatic heterocycles. The van der Waals surface area contributed by atoms with E-state index in [1.165, 1.54) is 154 Å². The maximum atomic E-state index is 2.52. The second kappa shape index (κ2) is 23.7. The van der Waals surface area contributed by atoms with E-state index < -0.39 is 0 Å². The van der Waals surface area contributed by atoms with Crippen LogP contribution in [0.3, 0.4) is 0 Å². The van der Waals surface area contributed by atoms with Gasteiger partial charge in [-0.3, -0.25) is 0 Å². The minimum absolute atomic E-state index is 0.00143. The van der Waals surface area contributed by atoms with E-state index in [0.29, 0.717) is 17.8 Å². The molecule has 16 aromatic carbocycles. The molecule has 0 N–H and O–H groups in total. The van der Waals surface area contributed by atoms with Gasteiger partial charge in [0.25, 0.3) is 0 Å². The van der Waals surface area contributed by atoms with Crippen molar-refractivity contribution in [3.05, 3.63) is 361 Å². The summed E-state index contributed by atoms with van der Waals surface area (Å²) in [4.78, 5) is 5.03. The lowest BCUT2D eigenvalue weighted by Crippen LogP contribution is -2.24. The topological polar surface area (TPSA) is 6.48 Å². The van der Waals surface area contributed by atoms with E-state index in [1.54, 1.807) is 0 Å². The van der Waals surface area contributed by atoms with Gasteiger partial charge in [-0.05, 0) is 240 Å². The number of allylic oxidation sites excluding steroid dienone is 4. The lowest BCUT2D eigenvalue weighted by Gasteiger charge is -2.30. The average molecular weight is 1310 g/mol. The van der Waals surface area contributed by atoms with Crippen LogP contribution < -0.4 is 9.80 Å². The summed E-state index contributed by atoms with van der Waals surface area (Å²) in [5.74, 6) is 1.21. The number of nitrogens with zero attached hydrogens (tertiary/aromatic N) is 2. The summed E-state index contributed by atoms with van der Waals surface area (Å²) in [5.41, 5.74) is 27.0. The predicted molar refractivity (Wildman–Crippen MR) is 437 cm³/mol. The molecule has 0 heterocycles. The Balaban J connectivity index is 0.845. The molecule has 2 unspecified atom stereocenters. The quantitative estimate of drug-likeness (QED) is 0.119. The lowest BCUT2D eigenvalue weighted by molar-refractivity contribution is 0.394. The number of benzene rings is 16. The van der Waals surface area contributed by atoms with Crippen molar-refractivity contribution in [2.45, 2.75) is 71.1 Å². The van der Waals surface area contributed by atoms with Gasteiger partial charge in [-0.25, -0.2) is 0 Å². The van der Waals surface area contributed by atoms with Gasteiger partial charge in [0.2, 0.25) is 0 Å². The first-order valence-corrected chi connectivity index (χ1v) is 36.4. The summed E-state index contributed by atoms with van der Waals surface area (Å²) >= 11 is 0. The second-order valence-electron chi connectivity index (χ2n) is 30.2. The van der Waals surface area contributed by atoms with Crippen LogP contribution in [0.1, 0.15) is 86.8 Å². The Morgan fingerprint density at radius 3 is 1.33 bits per heavy atom. The van der Waals surface area contributed by atoms with Crippen LogP contribution in [0.2, 0.25) is 0 Å². The maximum Gasteiger partial charge on any atom is 0.0540 e. The highest BCUT2D eigenvalue weighted by Crippen LogP contribution is 2.56. The summed E-state index contributed by atoms with van der Waals surface area (Å²) in [6.07, 6.45) is 9.30. The summed E-state index contributed by atoms with van der Waals surface area (Å²) < 4.78 is 0. The normalized spacial score (nSPS) is 15.4. The Hall–Kier alpha value is -11.8. The number of anilines is 6. The van der Waals surface area contributed by atoms with Crippen molar-refractivity contribution < 1.29 is 0 Å². The minimum Gasteiger partial charge on any atom is -0.310 e. The number of fused-ring (bicyclic) bond motifs is 12. The van der Waals surface area contributed by atoms with E-state index in [0.717, 1.165) is 34.1 Å². The molecule has 0 spiro atoms. The number of hydrogen-bond donors (Lipinski definition) is 0. The van der Waals surface area contributed by atoms with E-state index in [9.17, 15) is 0 Å². The lowest BCUT2D eigenvalue weighted by atomic mass is 9.74.